The van der Waals surface area contributed by atoms with Gasteiger partial charge in [-0.05, 0) is 24.1 Å². The molecule has 0 heterocycles. The number of hydrogen-bond donors (Lipinski definition) is 1. The van der Waals surface area contributed by atoms with Gasteiger partial charge in [-0.3, -0.25) is 4.79 Å². The Morgan fingerprint density at radius 3 is 2.30 bits per heavy atom. The molecule has 0 saturated carbocycles. The molecule has 0 bridgehead atoms. The molecule has 0 spiro atoms. The minimum Gasteiger partial charge on any atom is -0.345 e. The lowest BCUT2D eigenvalue weighted by Crippen LogP contribution is -2.27. The zero-order valence-electron chi connectivity index (χ0n) is 12.9. The van der Waals surface area contributed by atoms with E-state index in [-0.39, 0.29) is 17.5 Å². The van der Waals surface area contributed by atoms with Gasteiger partial charge in [-0.1, -0.05) is 72.8 Å². The maximum atomic E-state index is 12.2. The zero-order chi connectivity index (χ0) is 16.5. The summed E-state index contributed by atoms with van der Waals surface area (Å²) in [4.78, 5) is 12.2. The summed E-state index contributed by atoms with van der Waals surface area (Å²) < 4.78 is 0. The molecule has 0 unspecified atom stereocenters. The van der Waals surface area contributed by atoms with Crippen molar-refractivity contribution < 1.29 is 4.79 Å². The third-order valence-electron chi connectivity index (χ3n) is 3.36. The molecule has 1 N–H and O–H groups in total. The molecule has 0 aliphatic rings. The van der Waals surface area contributed by atoms with Gasteiger partial charge in [0.2, 0.25) is 0 Å². The Kier molecular flexibility index (Phi) is 5.90. The second-order valence-corrected chi connectivity index (χ2v) is 5.07. The van der Waals surface area contributed by atoms with E-state index in [0.717, 1.165) is 11.1 Å². The molecule has 2 aromatic rings. The van der Waals surface area contributed by atoms with Gasteiger partial charge < -0.3 is 5.32 Å². The molecule has 0 radical (unpaired) electrons. The molecule has 0 aliphatic heterocycles. The Hall–Kier alpha value is -3.12. The lowest BCUT2D eigenvalue weighted by molar-refractivity contribution is -0.117. The van der Waals surface area contributed by atoms with Crippen molar-refractivity contribution in [3.63, 3.8) is 0 Å². The Morgan fingerprint density at radius 1 is 1.09 bits per heavy atom. The normalized spacial score (nSPS) is 12.6. The predicted octanol–water partition coefficient (Wildman–Crippen LogP) is 4.03. The molecule has 2 aromatic carbocycles. The first-order valence-electron chi connectivity index (χ1n) is 7.40. The molecule has 0 aliphatic carbocycles. The van der Waals surface area contributed by atoms with E-state index in [1.54, 1.807) is 6.08 Å². The maximum absolute atomic E-state index is 12.2. The van der Waals surface area contributed by atoms with Gasteiger partial charge in [0.1, 0.15) is 11.6 Å². The minimum absolute atomic E-state index is 0.0833. The van der Waals surface area contributed by atoms with Crippen LogP contribution in [-0.4, -0.2) is 5.91 Å². The number of benzene rings is 2. The van der Waals surface area contributed by atoms with Crippen molar-refractivity contribution in [2.75, 3.05) is 0 Å². The first kappa shape index (κ1) is 16.3. The summed E-state index contributed by atoms with van der Waals surface area (Å²) in [5, 5.41) is 12.0. The van der Waals surface area contributed by atoms with Crippen LogP contribution in [0.15, 0.2) is 78.4 Å². The second-order valence-electron chi connectivity index (χ2n) is 5.07. The van der Waals surface area contributed by atoms with Crippen molar-refractivity contribution >= 4 is 12.0 Å². The van der Waals surface area contributed by atoms with Crippen molar-refractivity contribution in [1.82, 2.24) is 5.32 Å². The van der Waals surface area contributed by atoms with Gasteiger partial charge in [-0.2, -0.15) is 5.26 Å². The molecule has 114 valence electrons. The van der Waals surface area contributed by atoms with Crippen molar-refractivity contribution in [1.29, 1.82) is 5.26 Å². The van der Waals surface area contributed by atoms with Gasteiger partial charge in [0, 0.05) is 0 Å². The second kappa shape index (κ2) is 8.35. The van der Waals surface area contributed by atoms with E-state index in [1.807, 2.05) is 79.7 Å². The van der Waals surface area contributed by atoms with Gasteiger partial charge >= 0.3 is 0 Å². The van der Waals surface area contributed by atoms with Crippen molar-refractivity contribution in [3.8, 4) is 6.07 Å². The van der Waals surface area contributed by atoms with Gasteiger partial charge in [0.15, 0.2) is 0 Å². The number of nitriles is 1. The lowest BCUT2D eigenvalue weighted by atomic mass is 10.1. The van der Waals surface area contributed by atoms with Crippen molar-refractivity contribution in [2.24, 2.45) is 0 Å². The monoisotopic (exact) mass is 302 g/mol. The molecule has 0 saturated heterocycles. The molecule has 0 fully saturated rings. The van der Waals surface area contributed by atoms with Crippen LogP contribution in [0.2, 0.25) is 0 Å². The number of carbonyl (C=O) groups is 1. The third kappa shape index (κ3) is 4.98. The quantitative estimate of drug-likeness (QED) is 0.515. The molecule has 2 rings (SSSR count). The summed E-state index contributed by atoms with van der Waals surface area (Å²) in [6.07, 6.45) is 5.09. The van der Waals surface area contributed by atoms with Crippen LogP contribution >= 0.6 is 0 Å². The number of carbonyl (C=O) groups excluding carboxylic acids is 1. The van der Waals surface area contributed by atoms with E-state index < -0.39 is 0 Å². The van der Waals surface area contributed by atoms with Crippen LogP contribution in [0, 0.1) is 11.3 Å². The largest absolute Gasteiger partial charge is 0.345 e. The Balaban J connectivity index is 2.02. The van der Waals surface area contributed by atoms with Crippen LogP contribution in [0.25, 0.3) is 6.08 Å². The predicted molar refractivity (Wildman–Crippen MR) is 92.2 cm³/mol. The summed E-state index contributed by atoms with van der Waals surface area (Å²) in [5.41, 5.74) is 2.09. The first-order valence-corrected chi connectivity index (χ1v) is 7.40. The van der Waals surface area contributed by atoms with E-state index in [2.05, 4.69) is 5.32 Å². The highest BCUT2D eigenvalue weighted by Gasteiger charge is 2.12. The summed E-state index contributed by atoms with van der Waals surface area (Å²) in [6.45, 7) is 1.89. The van der Waals surface area contributed by atoms with Crippen LogP contribution in [0.4, 0.5) is 0 Å². The van der Waals surface area contributed by atoms with Crippen LogP contribution in [0.5, 0.6) is 0 Å². The van der Waals surface area contributed by atoms with Crippen LogP contribution in [0.1, 0.15) is 24.1 Å². The Labute approximate surface area is 136 Å². The smallest absolute Gasteiger partial charge is 0.262 e. The highest BCUT2D eigenvalue weighted by atomic mass is 16.1. The highest BCUT2D eigenvalue weighted by Crippen LogP contribution is 2.12. The molecule has 23 heavy (non-hydrogen) atoms. The topological polar surface area (TPSA) is 52.9 Å². The highest BCUT2D eigenvalue weighted by molar-refractivity contribution is 5.97. The van der Waals surface area contributed by atoms with Gasteiger partial charge in [-0.25, -0.2) is 0 Å². The maximum Gasteiger partial charge on any atom is 0.262 e. The standard InChI is InChI=1S/C20H18N2O/c1-16(18-12-6-3-7-13-18)22-20(23)19(15-21)14-8-11-17-9-4-2-5-10-17/h2-14,16H,1H3,(H,22,23)/b11-8+,19-14+/t16-/m0/s1. The van der Waals surface area contributed by atoms with Crippen LogP contribution in [-0.2, 0) is 4.79 Å². The first-order chi connectivity index (χ1) is 11.2. The fraction of sp³-hybridized carbons (Fsp3) is 0.100. The van der Waals surface area contributed by atoms with E-state index in [9.17, 15) is 4.79 Å². The molecule has 1 amide bonds. The third-order valence-corrected chi connectivity index (χ3v) is 3.36. The number of hydrogen-bond acceptors (Lipinski definition) is 2. The van der Waals surface area contributed by atoms with Crippen molar-refractivity contribution in [2.45, 2.75) is 13.0 Å². The number of nitrogens with zero attached hydrogens (tertiary/aromatic N) is 1. The number of allylic oxidation sites excluding steroid dienone is 2. The Bertz CT molecular complexity index is 740. The van der Waals surface area contributed by atoms with Crippen molar-refractivity contribution in [3.05, 3.63) is 89.5 Å². The van der Waals surface area contributed by atoms with Gasteiger partial charge in [-0.15, -0.1) is 0 Å². The van der Waals surface area contributed by atoms with E-state index in [0.29, 0.717) is 0 Å². The summed E-state index contributed by atoms with van der Waals surface area (Å²) in [7, 11) is 0. The van der Waals surface area contributed by atoms with Crippen LogP contribution < -0.4 is 5.32 Å². The number of amides is 1. The molecule has 1 atom stereocenters. The Morgan fingerprint density at radius 2 is 1.70 bits per heavy atom. The average Bonchev–Trinajstić information content (AvgIpc) is 2.60. The van der Waals surface area contributed by atoms with E-state index in [4.69, 9.17) is 5.26 Å². The zero-order valence-corrected chi connectivity index (χ0v) is 12.9. The molecule has 3 heteroatoms. The fourth-order valence-corrected chi connectivity index (χ4v) is 2.08. The number of nitrogens with one attached hydrogen (secondary N) is 1. The summed E-state index contributed by atoms with van der Waals surface area (Å²) in [6, 6.07) is 21.1. The molecular weight excluding hydrogens is 284 g/mol. The molecule has 3 nitrogen and oxygen atoms in total. The lowest BCUT2D eigenvalue weighted by Gasteiger charge is -2.13. The van der Waals surface area contributed by atoms with Gasteiger partial charge in [0.05, 0.1) is 6.04 Å². The summed E-state index contributed by atoms with van der Waals surface area (Å²) in [5.74, 6) is -0.374. The molecular formula is C20H18N2O. The summed E-state index contributed by atoms with van der Waals surface area (Å²) >= 11 is 0. The SMILES string of the molecule is C[C@H](NC(=O)/C(C#N)=C/C=C/c1ccccc1)c1ccccc1. The molecule has 0 aromatic heterocycles. The fourth-order valence-electron chi connectivity index (χ4n) is 2.08. The van der Waals surface area contributed by atoms with Gasteiger partial charge in [0.25, 0.3) is 5.91 Å². The van der Waals surface area contributed by atoms with E-state index >= 15 is 0 Å². The van der Waals surface area contributed by atoms with E-state index in [1.165, 1.54) is 6.08 Å². The number of rotatable bonds is 5. The van der Waals surface area contributed by atoms with Crippen LogP contribution in [0.3, 0.4) is 0 Å². The average molecular weight is 302 g/mol. The minimum atomic E-state index is -0.374.